The van der Waals surface area contributed by atoms with E-state index >= 15 is 0 Å². The molecule has 12 heavy (non-hydrogen) atoms. The smallest absolute Gasteiger partial charge is 0.136 e. The summed E-state index contributed by atoms with van der Waals surface area (Å²) in [7, 11) is 0. The van der Waals surface area contributed by atoms with Crippen LogP contribution in [-0.4, -0.2) is 5.78 Å². The molecule has 1 nitrogen and oxygen atoms in total. The Morgan fingerprint density at radius 2 is 2.00 bits per heavy atom. The summed E-state index contributed by atoms with van der Waals surface area (Å²) >= 11 is 0. The van der Waals surface area contributed by atoms with Crippen molar-refractivity contribution in [3.8, 4) is 0 Å². The lowest BCUT2D eigenvalue weighted by Crippen LogP contribution is -2.25. The number of hydrogen-bond donors (Lipinski definition) is 0. The van der Waals surface area contributed by atoms with Gasteiger partial charge in [-0.05, 0) is 37.0 Å². The van der Waals surface area contributed by atoms with Crippen LogP contribution in [0.5, 0.6) is 0 Å². The van der Waals surface area contributed by atoms with Gasteiger partial charge in [-0.1, -0.05) is 13.8 Å². The van der Waals surface area contributed by atoms with E-state index in [9.17, 15) is 4.79 Å². The molecule has 2 rings (SSSR count). The first-order chi connectivity index (χ1) is 5.74. The fraction of sp³-hybridized carbons (Fsp3) is 0.909. The third kappa shape index (κ3) is 0.773. The first kappa shape index (κ1) is 8.28. The van der Waals surface area contributed by atoms with E-state index in [4.69, 9.17) is 0 Å². The summed E-state index contributed by atoms with van der Waals surface area (Å²) in [6.45, 7) is 4.51. The first-order valence-corrected chi connectivity index (χ1v) is 5.27. The lowest BCUT2D eigenvalue weighted by Gasteiger charge is -2.30. The molecular formula is C11H18O. The van der Waals surface area contributed by atoms with Gasteiger partial charge in [0.1, 0.15) is 5.78 Å². The van der Waals surface area contributed by atoms with Crippen molar-refractivity contribution >= 4 is 5.78 Å². The summed E-state index contributed by atoms with van der Waals surface area (Å²) in [6.07, 6.45) is 5.82. The van der Waals surface area contributed by atoms with Gasteiger partial charge in [-0.3, -0.25) is 4.79 Å². The molecule has 0 N–H and O–H groups in total. The molecule has 2 fully saturated rings. The predicted molar refractivity (Wildman–Crippen MR) is 48.9 cm³/mol. The van der Waals surface area contributed by atoms with Crippen molar-refractivity contribution in [2.75, 3.05) is 0 Å². The Kier molecular flexibility index (Phi) is 1.78. The molecule has 68 valence electrons. The predicted octanol–water partition coefficient (Wildman–Crippen LogP) is 2.79. The Morgan fingerprint density at radius 1 is 1.33 bits per heavy atom. The Balaban J connectivity index is 2.32. The standard InChI is InChI=1S/C11H18O/c1-3-11(4-2)8-5-6-9(11)10(12)7-8/h8-9H,3-7H2,1-2H3. The average Bonchev–Trinajstić information content (AvgIpc) is 2.56. The fourth-order valence-electron chi connectivity index (χ4n) is 3.72. The second-order valence-corrected chi connectivity index (χ2v) is 4.44. The molecule has 2 atom stereocenters. The van der Waals surface area contributed by atoms with Crippen LogP contribution in [0.4, 0.5) is 0 Å². The van der Waals surface area contributed by atoms with Gasteiger partial charge in [-0.2, -0.15) is 0 Å². The van der Waals surface area contributed by atoms with Crippen molar-refractivity contribution in [2.24, 2.45) is 17.3 Å². The van der Waals surface area contributed by atoms with E-state index in [1.165, 1.54) is 25.7 Å². The summed E-state index contributed by atoms with van der Waals surface area (Å²) in [5.41, 5.74) is 0.428. The van der Waals surface area contributed by atoms with E-state index in [1.54, 1.807) is 0 Å². The molecule has 2 unspecified atom stereocenters. The molecule has 0 aromatic carbocycles. The number of ketones is 1. The minimum absolute atomic E-state index is 0.428. The SMILES string of the molecule is CCC1(CC)C2CCC1C(=O)C2. The van der Waals surface area contributed by atoms with Gasteiger partial charge in [0.05, 0.1) is 0 Å². The minimum atomic E-state index is 0.428. The Hall–Kier alpha value is -0.330. The van der Waals surface area contributed by atoms with Crippen LogP contribution in [0.15, 0.2) is 0 Å². The van der Waals surface area contributed by atoms with Gasteiger partial charge in [0, 0.05) is 12.3 Å². The van der Waals surface area contributed by atoms with Crippen molar-refractivity contribution in [3.63, 3.8) is 0 Å². The van der Waals surface area contributed by atoms with E-state index < -0.39 is 0 Å². The molecule has 0 heterocycles. The van der Waals surface area contributed by atoms with Crippen molar-refractivity contribution in [2.45, 2.75) is 46.0 Å². The van der Waals surface area contributed by atoms with Crippen molar-refractivity contribution in [1.82, 2.24) is 0 Å². The zero-order valence-corrected chi connectivity index (χ0v) is 8.10. The van der Waals surface area contributed by atoms with Crippen LogP contribution in [0, 0.1) is 17.3 Å². The van der Waals surface area contributed by atoms with E-state index in [1.807, 2.05) is 0 Å². The lowest BCUT2D eigenvalue weighted by atomic mass is 9.73. The van der Waals surface area contributed by atoms with Gasteiger partial charge in [0.2, 0.25) is 0 Å². The van der Waals surface area contributed by atoms with Gasteiger partial charge in [0.25, 0.3) is 0 Å². The Morgan fingerprint density at radius 3 is 2.25 bits per heavy atom. The van der Waals surface area contributed by atoms with Crippen LogP contribution in [-0.2, 0) is 4.79 Å². The average molecular weight is 166 g/mol. The molecule has 0 saturated heterocycles. The van der Waals surface area contributed by atoms with Crippen molar-refractivity contribution < 1.29 is 4.79 Å². The summed E-state index contributed by atoms with van der Waals surface area (Å²) in [5.74, 6) is 1.75. The molecule has 0 aromatic rings. The Bertz CT molecular complexity index is 203. The zero-order chi connectivity index (χ0) is 8.77. The number of carbonyl (C=O) groups is 1. The highest BCUT2D eigenvalue weighted by atomic mass is 16.1. The third-order valence-electron chi connectivity index (χ3n) is 4.46. The number of rotatable bonds is 2. The van der Waals surface area contributed by atoms with Gasteiger partial charge in [-0.25, -0.2) is 0 Å². The monoisotopic (exact) mass is 166 g/mol. The maximum Gasteiger partial charge on any atom is 0.136 e. The summed E-state index contributed by atoms with van der Waals surface area (Å²) in [6, 6.07) is 0. The number of Topliss-reactive ketones (excluding diaryl/α,β-unsaturated/α-hetero) is 1. The second kappa shape index (κ2) is 2.58. The van der Waals surface area contributed by atoms with Crippen LogP contribution in [0.25, 0.3) is 0 Å². The Labute approximate surface area is 74.5 Å². The maximum atomic E-state index is 11.6. The number of hydrogen-bond acceptors (Lipinski definition) is 1. The molecule has 1 heteroatoms. The van der Waals surface area contributed by atoms with Gasteiger partial charge < -0.3 is 0 Å². The van der Waals surface area contributed by atoms with E-state index in [0.29, 0.717) is 17.1 Å². The minimum Gasteiger partial charge on any atom is -0.299 e. The highest BCUT2D eigenvalue weighted by Crippen LogP contribution is 2.59. The van der Waals surface area contributed by atoms with Crippen LogP contribution >= 0.6 is 0 Å². The maximum absolute atomic E-state index is 11.6. The van der Waals surface area contributed by atoms with Gasteiger partial charge in [0.15, 0.2) is 0 Å². The molecule has 0 radical (unpaired) electrons. The molecule has 2 aliphatic rings. The van der Waals surface area contributed by atoms with Crippen LogP contribution in [0.1, 0.15) is 46.0 Å². The molecule has 0 aromatic heterocycles. The van der Waals surface area contributed by atoms with E-state index in [0.717, 1.165) is 12.3 Å². The molecule has 2 saturated carbocycles. The summed E-state index contributed by atoms with van der Waals surface area (Å²) in [4.78, 5) is 11.6. The third-order valence-corrected chi connectivity index (χ3v) is 4.46. The van der Waals surface area contributed by atoms with Crippen molar-refractivity contribution in [3.05, 3.63) is 0 Å². The summed E-state index contributed by atoms with van der Waals surface area (Å²) in [5, 5.41) is 0. The quantitative estimate of drug-likeness (QED) is 0.616. The number of fused-ring (bicyclic) bond motifs is 2. The van der Waals surface area contributed by atoms with Crippen LogP contribution in [0.2, 0.25) is 0 Å². The van der Waals surface area contributed by atoms with Crippen molar-refractivity contribution in [1.29, 1.82) is 0 Å². The molecule has 2 bridgehead atoms. The molecular weight excluding hydrogens is 148 g/mol. The largest absolute Gasteiger partial charge is 0.299 e. The molecule has 2 aliphatic carbocycles. The lowest BCUT2D eigenvalue weighted by molar-refractivity contribution is -0.122. The highest BCUT2D eigenvalue weighted by molar-refractivity contribution is 5.85. The normalized spacial score (nSPS) is 37.7. The first-order valence-electron chi connectivity index (χ1n) is 5.27. The topological polar surface area (TPSA) is 17.1 Å². The number of carbonyl (C=O) groups excluding carboxylic acids is 1. The zero-order valence-electron chi connectivity index (χ0n) is 8.10. The summed E-state index contributed by atoms with van der Waals surface area (Å²) < 4.78 is 0. The molecule has 0 amide bonds. The van der Waals surface area contributed by atoms with Gasteiger partial charge in [-0.15, -0.1) is 0 Å². The molecule has 0 spiro atoms. The second-order valence-electron chi connectivity index (χ2n) is 4.44. The van der Waals surface area contributed by atoms with Crippen LogP contribution in [0.3, 0.4) is 0 Å². The highest BCUT2D eigenvalue weighted by Gasteiger charge is 2.56. The van der Waals surface area contributed by atoms with E-state index in [2.05, 4.69) is 13.8 Å². The molecule has 0 aliphatic heterocycles. The van der Waals surface area contributed by atoms with E-state index in [-0.39, 0.29) is 0 Å². The fourth-order valence-corrected chi connectivity index (χ4v) is 3.72. The van der Waals surface area contributed by atoms with Gasteiger partial charge >= 0.3 is 0 Å². The van der Waals surface area contributed by atoms with Crippen LogP contribution < -0.4 is 0 Å².